The number of ether oxygens (including phenoxy) is 1. The van der Waals surface area contributed by atoms with E-state index in [1.165, 1.54) is 6.42 Å². The number of H-pyrrole nitrogens is 1. The number of benzene rings is 2. The fraction of sp³-hybridized carbons (Fsp3) is 0.514. The number of carbonyl (C=O) groups excluding carboxylic acids is 2. The number of aliphatic carboxylic acids is 1. The van der Waals surface area contributed by atoms with Gasteiger partial charge in [0.15, 0.2) is 0 Å². The van der Waals surface area contributed by atoms with E-state index in [1.54, 1.807) is 6.92 Å². The van der Waals surface area contributed by atoms with Crippen LogP contribution in [0.5, 0.6) is 0 Å². The number of para-hydroxylation sites is 1. The molecule has 2 atom stereocenters. The van der Waals surface area contributed by atoms with E-state index in [0.717, 1.165) is 59.5 Å². The van der Waals surface area contributed by atoms with E-state index in [-0.39, 0.29) is 31.0 Å². The van der Waals surface area contributed by atoms with Gasteiger partial charge in [-0.2, -0.15) is 0 Å². The quantitative estimate of drug-likeness (QED) is 0.179. The molecule has 3 aromatic rings. The average molecular weight is 601 g/mol. The molecular formula is C35H44N4O5. The van der Waals surface area contributed by atoms with Gasteiger partial charge in [-0.3, -0.25) is 9.59 Å². The first-order chi connectivity index (χ1) is 21.3. The number of alkyl carbamates (subject to hydrolysis) is 1. The van der Waals surface area contributed by atoms with Gasteiger partial charge in [0.1, 0.15) is 11.6 Å². The van der Waals surface area contributed by atoms with Crippen molar-refractivity contribution in [3.05, 3.63) is 71.9 Å². The molecule has 7 rings (SSSR count). The number of carboxylic acids is 1. The van der Waals surface area contributed by atoms with E-state index < -0.39 is 17.6 Å². The maximum absolute atomic E-state index is 14.2. The second-order valence-electron chi connectivity index (χ2n) is 13.5. The molecule has 4 fully saturated rings. The predicted octanol–water partition coefficient (Wildman–Crippen LogP) is 4.81. The third-order valence-electron chi connectivity index (χ3n) is 10.1. The monoisotopic (exact) mass is 600 g/mol. The molecule has 1 heterocycles. The summed E-state index contributed by atoms with van der Waals surface area (Å²) in [6, 6.07) is 17.5. The molecule has 0 saturated heterocycles. The topological polar surface area (TPSA) is 133 Å². The first kappa shape index (κ1) is 30.2. The Bertz CT molecular complexity index is 1440. The Morgan fingerprint density at radius 1 is 0.977 bits per heavy atom. The van der Waals surface area contributed by atoms with Crippen LogP contribution < -0.4 is 16.0 Å². The zero-order chi connectivity index (χ0) is 30.7. The summed E-state index contributed by atoms with van der Waals surface area (Å²) >= 11 is 0. The van der Waals surface area contributed by atoms with Crippen molar-refractivity contribution in [3.8, 4) is 0 Å². The molecule has 4 aliphatic carbocycles. The lowest BCUT2D eigenvalue weighted by Crippen LogP contribution is -2.61. The standard InChI is InChI=1S/C35H44N4O5/c1-35(19-27-20-37-30-10-6-5-9-29(27)30,39-34(43)44-32-25-14-23-13-24(16-25)17-26(32)15-23)33(42)38-28(11-12-36-21-31(40)41)18-22-7-3-2-4-8-22/h2-10,20,23-26,28,32,36-37H,11-19,21H2,1H3,(H,38,42)(H,39,43)(H,40,41)/t23?,24?,25?,26?,28-,32?,35-/m1/s1. The van der Waals surface area contributed by atoms with Crippen molar-refractivity contribution in [1.82, 2.24) is 20.9 Å². The van der Waals surface area contributed by atoms with E-state index in [1.807, 2.05) is 60.8 Å². The normalized spacial score (nSPS) is 25.7. The number of carbonyl (C=O) groups is 3. The molecular weight excluding hydrogens is 556 g/mol. The van der Waals surface area contributed by atoms with Crippen molar-refractivity contribution in [2.75, 3.05) is 13.1 Å². The van der Waals surface area contributed by atoms with Crippen LogP contribution >= 0.6 is 0 Å². The van der Waals surface area contributed by atoms with Crippen molar-refractivity contribution < 1.29 is 24.2 Å². The molecule has 2 amide bonds. The summed E-state index contributed by atoms with van der Waals surface area (Å²) in [5.74, 6) is 1.14. The highest BCUT2D eigenvalue weighted by atomic mass is 16.6. The highest BCUT2D eigenvalue weighted by molar-refractivity contribution is 5.91. The SMILES string of the molecule is C[C@](Cc1c[nH]c2ccccc12)(NC(=O)OC1C2CC3CC(C2)CC1C3)C(=O)N[C@H](CCNCC(=O)O)Cc1ccccc1. The smallest absolute Gasteiger partial charge is 0.408 e. The molecule has 9 nitrogen and oxygen atoms in total. The van der Waals surface area contributed by atoms with Gasteiger partial charge in [-0.25, -0.2) is 4.79 Å². The number of hydrogen-bond donors (Lipinski definition) is 5. The Morgan fingerprint density at radius 3 is 2.36 bits per heavy atom. The molecule has 0 unspecified atom stereocenters. The zero-order valence-electron chi connectivity index (χ0n) is 25.4. The lowest BCUT2D eigenvalue weighted by atomic mass is 9.55. The summed E-state index contributed by atoms with van der Waals surface area (Å²) in [4.78, 5) is 42.2. The highest BCUT2D eigenvalue weighted by Gasteiger charge is 2.50. The predicted molar refractivity (Wildman–Crippen MR) is 168 cm³/mol. The molecule has 0 spiro atoms. The number of aromatic amines is 1. The fourth-order valence-electron chi connectivity index (χ4n) is 8.23. The van der Waals surface area contributed by atoms with E-state index >= 15 is 0 Å². The van der Waals surface area contributed by atoms with Crippen LogP contribution in [-0.2, 0) is 27.2 Å². The van der Waals surface area contributed by atoms with Crippen LogP contribution in [0.1, 0.15) is 56.6 Å². The van der Waals surface area contributed by atoms with Gasteiger partial charge in [0, 0.05) is 29.6 Å². The van der Waals surface area contributed by atoms with Crippen molar-refractivity contribution in [3.63, 3.8) is 0 Å². The molecule has 0 aliphatic heterocycles. The van der Waals surface area contributed by atoms with Crippen LogP contribution in [-0.4, -0.2) is 58.8 Å². The van der Waals surface area contributed by atoms with Crippen LogP contribution in [0.25, 0.3) is 10.9 Å². The summed E-state index contributed by atoms with van der Waals surface area (Å²) in [6.07, 6.45) is 8.50. The van der Waals surface area contributed by atoms with Crippen LogP contribution in [0.4, 0.5) is 4.79 Å². The molecule has 1 aromatic heterocycles. The second-order valence-corrected chi connectivity index (χ2v) is 13.5. The van der Waals surface area contributed by atoms with Crippen molar-refractivity contribution in [2.24, 2.45) is 23.7 Å². The van der Waals surface area contributed by atoms with Gasteiger partial charge in [-0.1, -0.05) is 48.5 Å². The molecule has 2 aromatic carbocycles. The van der Waals surface area contributed by atoms with Gasteiger partial charge in [0.25, 0.3) is 0 Å². The lowest BCUT2D eigenvalue weighted by molar-refractivity contribution is -0.136. The molecule has 9 heteroatoms. The summed E-state index contributed by atoms with van der Waals surface area (Å²) < 4.78 is 6.18. The van der Waals surface area contributed by atoms with Gasteiger partial charge in [0.05, 0.1) is 6.54 Å². The fourth-order valence-corrected chi connectivity index (χ4v) is 8.23. The Hall–Kier alpha value is -3.85. The van der Waals surface area contributed by atoms with Crippen LogP contribution in [0.15, 0.2) is 60.8 Å². The number of fused-ring (bicyclic) bond motifs is 1. The minimum atomic E-state index is -1.29. The second kappa shape index (κ2) is 13.0. The number of amides is 2. The maximum Gasteiger partial charge on any atom is 0.408 e. The Morgan fingerprint density at radius 2 is 1.66 bits per heavy atom. The molecule has 4 bridgehead atoms. The Balaban J connectivity index is 1.20. The number of rotatable bonds is 13. The third kappa shape index (κ3) is 6.93. The van der Waals surface area contributed by atoms with Gasteiger partial charge < -0.3 is 30.8 Å². The molecule has 5 N–H and O–H groups in total. The molecule has 0 radical (unpaired) electrons. The van der Waals surface area contributed by atoms with E-state index in [2.05, 4.69) is 20.9 Å². The van der Waals surface area contributed by atoms with Gasteiger partial charge in [0.2, 0.25) is 5.91 Å². The number of hydrogen-bond acceptors (Lipinski definition) is 5. The number of aromatic nitrogens is 1. The van der Waals surface area contributed by atoms with Crippen LogP contribution in [0, 0.1) is 23.7 Å². The first-order valence-corrected chi connectivity index (χ1v) is 16.1. The van der Waals surface area contributed by atoms with Gasteiger partial charge in [-0.15, -0.1) is 0 Å². The van der Waals surface area contributed by atoms with Gasteiger partial charge in [-0.05, 0) is 99.3 Å². The minimum Gasteiger partial charge on any atom is -0.480 e. The maximum atomic E-state index is 14.2. The molecule has 234 valence electrons. The number of carboxylic acid groups (broad SMARTS) is 1. The largest absolute Gasteiger partial charge is 0.480 e. The van der Waals surface area contributed by atoms with Crippen molar-refractivity contribution in [2.45, 2.75) is 76.0 Å². The van der Waals surface area contributed by atoms with Crippen molar-refractivity contribution >= 4 is 28.9 Å². The highest BCUT2D eigenvalue weighted by Crippen LogP contribution is 2.54. The summed E-state index contributed by atoms with van der Waals surface area (Å²) in [7, 11) is 0. The summed E-state index contributed by atoms with van der Waals surface area (Å²) in [5.41, 5.74) is 1.66. The summed E-state index contributed by atoms with van der Waals surface area (Å²) in [6.45, 7) is 2.04. The zero-order valence-corrected chi connectivity index (χ0v) is 25.4. The third-order valence-corrected chi connectivity index (χ3v) is 10.1. The molecule has 4 aliphatic rings. The lowest BCUT2D eigenvalue weighted by Gasteiger charge is -2.53. The minimum absolute atomic E-state index is 0.0886. The van der Waals surface area contributed by atoms with Crippen LogP contribution in [0.2, 0.25) is 0 Å². The van der Waals surface area contributed by atoms with Crippen LogP contribution in [0.3, 0.4) is 0 Å². The van der Waals surface area contributed by atoms with E-state index in [0.29, 0.717) is 31.2 Å². The summed E-state index contributed by atoms with van der Waals surface area (Å²) in [5, 5.41) is 19.2. The van der Waals surface area contributed by atoms with E-state index in [9.17, 15) is 14.4 Å². The first-order valence-electron chi connectivity index (χ1n) is 16.1. The van der Waals surface area contributed by atoms with Crippen molar-refractivity contribution in [1.29, 1.82) is 0 Å². The Kier molecular flexibility index (Phi) is 8.93. The average Bonchev–Trinajstić information content (AvgIpc) is 3.39. The molecule has 44 heavy (non-hydrogen) atoms. The van der Waals surface area contributed by atoms with E-state index in [4.69, 9.17) is 9.84 Å². The Labute approximate surface area is 258 Å². The number of nitrogens with one attached hydrogen (secondary N) is 4. The molecule has 4 saturated carbocycles. The van der Waals surface area contributed by atoms with Gasteiger partial charge >= 0.3 is 12.1 Å².